The summed E-state index contributed by atoms with van der Waals surface area (Å²) < 4.78 is 53.0. The number of nitrogens with zero attached hydrogens (tertiary/aromatic N) is 3. The van der Waals surface area contributed by atoms with E-state index < -0.39 is 25.9 Å². The Balaban J connectivity index is 2.05. The van der Waals surface area contributed by atoms with Crippen molar-refractivity contribution >= 4 is 19.9 Å². The summed E-state index contributed by atoms with van der Waals surface area (Å²) in [5.41, 5.74) is 0. The summed E-state index contributed by atoms with van der Waals surface area (Å²) in [6.07, 6.45) is 4.44. The van der Waals surface area contributed by atoms with Gasteiger partial charge in [0.25, 0.3) is 0 Å². The van der Waals surface area contributed by atoms with Crippen LogP contribution in [0.5, 0.6) is 0 Å². The maximum Gasteiger partial charge on any atom is 0.243 e. The lowest BCUT2D eigenvalue weighted by molar-refractivity contribution is 0.258. The molecular formula is C15H20N4O4S2. The minimum atomic E-state index is -3.86. The number of sulfonamides is 1. The third-order valence-electron chi connectivity index (χ3n) is 4.19. The fourth-order valence-corrected chi connectivity index (χ4v) is 5.27. The molecule has 1 aliphatic heterocycles. The largest absolute Gasteiger partial charge is 0.337 e. The Bertz CT molecular complexity index is 982. The van der Waals surface area contributed by atoms with Crippen molar-refractivity contribution in [2.24, 2.45) is 7.05 Å². The second-order valence-electron chi connectivity index (χ2n) is 5.98. The molecule has 8 nitrogen and oxygen atoms in total. The van der Waals surface area contributed by atoms with Gasteiger partial charge in [0, 0.05) is 45.3 Å². The fraction of sp³-hybridized carbons (Fsp3) is 0.400. The van der Waals surface area contributed by atoms with Crippen LogP contribution >= 0.6 is 0 Å². The Morgan fingerprint density at radius 3 is 2.56 bits per heavy atom. The van der Waals surface area contributed by atoms with E-state index in [2.05, 4.69) is 10.3 Å². The van der Waals surface area contributed by atoms with Gasteiger partial charge in [0.05, 0.1) is 15.8 Å². The molecule has 2 aromatic rings. The van der Waals surface area contributed by atoms with E-state index in [4.69, 9.17) is 0 Å². The van der Waals surface area contributed by atoms with E-state index in [1.165, 1.54) is 28.6 Å². The van der Waals surface area contributed by atoms with Gasteiger partial charge in [-0.1, -0.05) is 6.07 Å². The van der Waals surface area contributed by atoms with Gasteiger partial charge in [-0.05, 0) is 18.2 Å². The van der Waals surface area contributed by atoms with Gasteiger partial charge in [-0.2, -0.15) is 4.31 Å². The summed E-state index contributed by atoms with van der Waals surface area (Å²) >= 11 is 0. The summed E-state index contributed by atoms with van der Waals surface area (Å²) in [6, 6.07) is 5.01. The van der Waals surface area contributed by atoms with Crippen LogP contribution in [0.15, 0.2) is 46.5 Å². The number of imidazole rings is 1. The maximum absolute atomic E-state index is 13.1. The smallest absolute Gasteiger partial charge is 0.243 e. The van der Waals surface area contributed by atoms with Gasteiger partial charge in [0.15, 0.2) is 9.84 Å². The van der Waals surface area contributed by atoms with Crippen LogP contribution in [0.25, 0.3) is 0 Å². The molecule has 1 aromatic carbocycles. The third kappa shape index (κ3) is 3.47. The molecular weight excluding hydrogens is 364 g/mol. The van der Waals surface area contributed by atoms with Crippen LogP contribution in [0, 0.1) is 0 Å². The van der Waals surface area contributed by atoms with E-state index in [9.17, 15) is 16.8 Å². The van der Waals surface area contributed by atoms with Crippen LogP contribution < -0.4 is 5.32 Å². The number of aryl methyl sites for hydroxylation is 1. The standard InChI is InChI=1S/C15H20N4O4S2/c1-18-8-7-17-15(18)14-11-16-6-9-19(14)25(22,23)13-5-3-4-12(10-13)24(2,20)21/h3-5,7-8,10,14,16H,6,9,11H2,1-2H3. The number of nitrogens with one attached hydrogen (secondary N) is 1. The quantitative estimate of drug-likeness (QED) is 0.806. The Morgan fingerprint density at radius 2 is 1.92 bits per heavy atom. The van der Waals surface area contributed by atoms with Gasteiger partial charge in [-0.25, -0.2) is 21.8 Å². The first-order chi connectivity index (χ1) is 11.7. The number of hydrogen-bond donors (Lipinski definition) is 1. The van der Waals surface area contributed by atoms with Crippen molar-refractivity contribution in [3.63, 3.8) is 0 Å². The number of hydrogen-bond acceptors (Lipinski definition) is 6. The van der Waals surface area contributed by atoms with Crippen LogP contribution in [-0.2, 0) is 26.9 Å². The summed E-state index contributed by atoms with van der Waals surface area (Å²) in [7, 11) is -5.54. The zero-order valence-electron chi connectivity index (χ0n) is 14.0. The van der Waals surface area contributed by atoms with Crippen molar-refractivity contribution in [1.29, 1.82) is 0 Å². The van der Waals surface area contributed by atoms with Crippen molar-refractivity contribution in [1.82, 2.24) is 19.2 Å². The molecule has 25 heavy (non-hydrogen) atoms. The highest BCUT2D eigenvalue weighted by molar-refractivity contribution is 7.91. The Kier molecular flexibility index (Phi) is 4.71. The summed E-state index contributed by atoms with van der Waals surface area (Å²) in [5, 5.41) is 3.18. The lowest BCUT2D eigenvalue weighted by Crippen LogP contribution is -2.49. The molecule has 1 N–H and O–H groups in total. The van der Waals surface area contributed by atoms with Gasteiger partial charge in [-0.15, -0.1) is 0 Å². The molecule has 1 saturated heterocycles. The van der Waals surface area contributed by atoms with Crippen molar-refractivity contribution in [3.8, 4) is 0 Å². The van der Waals surface area contributed by atoms with Crippen molar-refractivity contribution in [2.75, 3.05) is 25.9 Å². The number of aromatic nitrogens is 2. The second-order valence-corrected chi connectivity index (χ2v) is 9.89. The summed E-state index contributed by atoms with van der Waals surface area (Å²) in [5.74, 6) is 0.634. The first-order valence-corrected chi connectivity index (χ1v) is 11.0. The predicted octanol–water partition coefficient (Wildman–Crippen LogP) is 0.159. The molecule has 1 fully saturated rings. The molecule has 3 rings (SSSR count). The van der Waals surface area contributed by atoms with Crippen molar-refractivity contribution < 1.29 is 16.8 Å². The number of benzene rings is 1. The molecule has 0 spiro atoms. The lowest BCUT2D eigenvalue weighted by atomic mass is 10.2. The van der Waals surface area contributed by atoms with Gasteiger partial charge < -0.3 is 9.88 Å². The lowest BCUT2D eigenvalue weighted by Gasteiger charge is -2.34. The van der Waals surface area contributed by atoms with Crippen molar-refractivity contribution in [3.05, 3.63) is 42.5 Å². The zero-order chi connectivity index (χ0) is 18.2. The van der Waals surface area contributed by atoms with Gasteiger partial charge in [0.1, 0.15) is 5.82 Å². The molecule has 0 aliphatic carbocycles. The highest BCUT2D eigenvalue weighted by Gasteiger charge is 2.36. The first-order valence-electron chi connectivity index (χ1n) is 7.71. The topological polar surface area (TPSA) is 101 Å². The first kappa shape index (κ1) is 18.1. The average molecular weight is 384 g/mol. The normalized spacial score (nSPS) is 19.8. The second kappa shape index (κ2) is 6.52. The number of rotatable bonds is 4. The van der Waals surface area contributed by atoms with E-state index in [1.54, 1.807) is 17.0 Å². The molecule has 0 saturated carbocycles. The van der Waals surface area contributed by atoms with E-state index in [0.717, 1.165) is 6.26 Å². The van der Waals surface area contributed by atoms with E-state index >= 15 is 0 Å². The van der Waals surface area contributed by atoms with Crippen LogP contribution in [0.4, 0.5) is 0 Å². The highest BCUT2D eigenvalue weighted by Crippen LogP contribution is 2.28. The molecule has 136 valence electrons. The third-order valence-corrected chi connectivity index (χ3v) is 7.21. The fourth-order valence-electron chi connectivity index (χ4n) is 2.89. The minimum absolute atomic E-state index is 0.0164. The average Bonchev–Trinajstić information content (AvgIpc) is 3.00. The molecule has 1 atom stereocenters. The molecule has 1 aliphatic rings. The monoisotopic (exact) mass is 384 g/mol. The van der Waals surface area contributed by atoms with Gasteiger partial charge in [-0.3, -0.25) is 0 Å². The SMILES string of the molecule is Cn1ccnc1C1CNCCN1S(=O)(=O)c1cccc(S(C)(=O)=O)c1. The summed E-state index contributed by atoms with van der Waals surface area (Å²) in [6.45, 7) is 1.24. The molecule has 0 radical (unpaired) electrons. The van der Waals surface area contributed by atoms with Crippen LogP contribution in [0.3, 0.4) is 0 Å². The molecule has 1 unspecified atom stereocenters. The summed E-state index contributed by atoms with van der Waals surface area (Å²) in [4.78, 5) is 4.23. The highest BCUT2D eigenvalue weighted by atomic mass is 32.2. The molecule has 1 aromatic heterocycles. The van der Waals surface area contributed by atoms with E-state index in [0.29, 0.717) is 18.9 Å². The van der Waals surface area contributed by atoms with Crippen LogP contribution in [0.1, 0.15) is 11.9 Å². The van der Waals surface area contributed by atoms with E-state index in [1.807, 2.05) is 7.05 Å². The van der Waals surface area contributed by atoms with Crippen molar-refractivity contribution in [2.45, 2.75) is 15.8 Å². The van der Waals surface area contributed by atoms with Gasteiger partial charge >= 0.3 is 0 Å². The number of piperazine rings is 1. The Morgan fingerprint density at radius 1 is 1.20 bits per heavy atom. The molecule has 10 heteroatoms. The predicted molar refractivity (Wildman–Crippen MR) is 92.3 cm³/mol. The van der Waals surface area contributed by atoms with Crippen LogP contribution in [0.2, 0.25) is 0 Å². The van der Waals surface area contributed by atoms with E-state index in [-0.39, 0.29) is 16.3 Å². The molecule has 2 heterocycles. The zero-order valence-corrected chi connectivity index (χ0v) is 15.6. The minimum Gasteiger partial charge on any atom is -0.337 e. The molecule has 0 bridgehead atoms. The Labute approximate surface area is 147 Å². The maximum atomic E-state index is 13.1. The Hall–Kier alpha value is -1.75. The number of sulfone groups is 1. The molecule has 0 amide bonds. The van der Waals surface area contributed by atoms with Gasteiger partial charge in [0.2, 0.25) is 10.0 Å². The van der Waals surface area contributed by atoms with Crippen LogP contribution in [-0.4, -0.2) is 56.6 Å².